The molecule has 8 nitrogen and oxygen atoms in total. The Balaban J connectivity index is 1.31. The third-order valence-corrected chi connectivity index (χ3v) is 4.94. The minimum absolute atomic E-state index is 0.691. The van der Waals surface area contributed by atoms with Crippen LogP contribution in [-0.4, -0.2) is 64.5 Å². The van der Waals surface area contributed by atoms with Gasteiger partial charge in [-0.1, -0.05) is 5.16 Å². The Morgan fingerprint density at radius 3 is 2.08 bits per heavy atom. The van der Waals surface area contributed by atoms with Crippen LogP contribution >= 0.6 is 0 Å². The number of hydrogen-bond acceptors (Lipinski definition) is 8. The van der Waals surface area contributed by atoms with E-state index in [1.807, 2.05) is 6.92 Å². The van der Waals surface area contributed by atoms with Gasteiger partial charge in [0.1, 0.15) is 0 Å². The van der Waals surface area contributed by atoms with Crippen molar-refractivity contribution in [1.29, 1.82) is 0 Å². The van der Waals surface area contributed by atoms with Gasteiger partial charge in [-0.15, -0.1) is 10.2 Å². The number of anilines is 2. The van der Waals surface area contributed by atoms with Gasteiger partial charge in [0.05, 0.1) is 6.54 Å². The third kappa shape index (κ3) is 3.89. The molecule has 134 valence electrons. The van der Waals surface area contributed by atoms with Crippen molar-refractivity contribution in [2.24, 2.45) is 0 Å². The molecule has 0 radical (unpaired) electrons. The molecule has 2 fully saturated rings. The van der Waals surface area contributed by atoms with Crippen molar-refractivity contribution in [3.8, 4) is 0 Å². The maximum absolute atomic E-state index is 5.21. The number of rotatable bonds is 4. The van der Waals surface area contributed by atoms with Crippen LogP contribution in [0.1, 0.15) is 31.0 Å². The van der Waals surface area contributed by atoms with Crippen molar-refractivity contribution >= 4 is 11.6 Å². The molecule has 2 saturated heterocycles. The van der Waals surface area contributed by atoms with E-state index >= 15 is 0 Å². The molecule has 0 N–H and O–H groups in total. The van der Waals surface area contributed by atoms with Gasteiger partial charge in [-0.2, -0.15) is 4.98 Å². The smallest absolute Gasteiger partial charge is 0.240 e. The normalized spacial score (nSPS) is 19.4. The van der Waals surface area contributed by atoms with Crippen LogP contribution in [0.4, 0.5) is 11.6 Å². The van der Waals surface area contributed by atoms with E-state index in [4.69, 9.17) is 4.52 Å². The van der Waals surface area contributed by atoms with Crippen LogP contribution in [0, 0.1) is 6.92 Å². The number of piperidine rings is 1. The second-order valence-electron chi connectivity index (χ2n) is 6.80. The number of aryl methyl sites for hydroxylation is 1. The predicted octanol–water partition coefficient (Wildman–Crippen LogP) is 1.48. The topological polar surface area (TPSA) is 74.4 Å². The van der Waals surface area contributed by atoms with E-state index in [0.29, 0.717) is 18.3 Å². The summed E-state index contributed by atoms with van der Waals surface area (Å²) in [5, 5.41) is 12.8. The Labute approximate surface area is 147 Å². The van der Waals surface area contributed by atoms with Gasteiger partial charge >= 0.3 is 0 Å². The van der Waals surface area contributed by atoms with Crippen molar-refractivity contribution in [3.63, 3.8) is 0 Å². The highest BCUT2D eigenvalue weighted by Gasteiger charge is 2.20. The SMILES string of the molecule is Cc1noc(CN2CCN(c3ccc(N4CCCCC4)nn3)CC2)n1. The molecule has 25 heavy (non-hydrogen) atoms. The second kappa shape index (κ2) is 7.35. The predicted molar refractivity (Wildman–Crippen MR) is 94.6 cm³/mol. The third-order valence-electron chi connectivity index (χ3n) is 4.94. The first-order valence-electron chi connectivity index (χ1n) is 9.13. The molecule has 0 bridgehead atoms. The second-order valence-corrected chi connectivity index (χ2v) is 6.80. The largest absolute Gasteiger partial charge is 0.355 e. The molecular weight excluding hydrogens is 318 g/mol. The summed E-state index contributed by atoms with van der Waals surface area (Å²) in [7, 11) is 0. The van der Waals surface area contributed by atoms with Crippen molar-refractivity contribution in [2.75, 3.05) is 49.1 Å². The summed E-state index contributed by atoms with van der Waals surface area (Å²) in [4.78, 5) is 11.2. The Hall–Kier alpha value is -2.22. The van der Waals surface area contributed by atoms with Crippen molar-refractivity contribution in [3.05, 3.63) is 23.8 Å². The lowest BCUT2D eigenvalue weighted by atomic mass is 10.1. The molecule has 4 rings (SSSR count). The summed E-state index contributed by atoms with van der Waals surface area (Å²) in [6.07, 6.45) is 3.84. The lowest BCUT2D eigenvalue weighted by Crippen LogP contribution is -2.46. The van der Waals surface area contributed by atoms with E-state index in [-0.39, 0.29) is 0 Å². The standard InChI is InChI=1S/C17H25N7O/c1-14-18-17(25-21-14)13-22-9-11-24(12-10-22)16-6-5-15(19-20-16)23-7-3-2-4-8-23/h5-6H,2-4,7-13H2,1H3. The zero-order valence-electron chi connectivity index (χ0n) is 14.8. The van der Waals surface area contributed by atoms with Crippen molar-refractivity contribution in [1.82, 2.24) is 25.2 Å². The molecule has 0 aliphatic carbocycles. The van der Waals surface area contributed by atoms with E-state index in [1.165, 1.54) is 19.3 Å². The molecular formula is C17H25N7O. The van der Waals surface area contributed by atoms with Crippen LogP contribution in [0.3, 0.4) is 0 Å². The average molecular weight is 343 g/mol. The zero-order chi connectivity index (χ0) is 17.1. The Bertz CT molecular complexity index is 673. The summed E-state index contributed by atoms with van der Waals surface area (Å²) in [6.45, 7) is 8.54. The van der Waals surface area contributed by atoms with E-state index in [1.54, 1.807) is 0 Å². The van der Waals surface area contributed by atoms with Gasteiger partial charge in [-0.25, -0.2) is 0 Å². The van der Waals surface area contributed by atoms with Crippen LogP contribution in [0.2, 0.25) is 0 Å². The molecule has 0 aromatic carbocycles. The van der Waals surface area contributed by atoms with E-state index in [2.05, 4.69) is 47.2 Å². The molecule has 4 heterocycles. The van der Waals surface area contributed by atoms with Crippen LogP contribution in [0.15, 0.2) is 16.7 Å². The zero-order valence-corrected chi connectivity index (χ0v) is 14.8. The fourth-order valence-electron chi connectivity index (χ4n) is 3.51. The number of aromatic nitrogens is 4. The maximum Gasteiger partial charge on any atom is 0.240 e. The summed E-state index contributed by atoms with van der Waals surface area (Å²) in [6, 6.07) is 4.22. The van der Waals surface area contributed by atoms with Crippen molar-refractivity contribution in [2.45, 2.75) is 32.7 Å². The quantitative estimate of drug-likeness (QED) is 0.826. The fraction of sp³-hybridized carbons (Fsp3) is 0.647. The first-order chi connectivity index (χ1) is 12.3. The molecule has 0 unspecified atom stereocenters. The minimum atomic E-state index is 0.691. The fourth-order valence-corrected chi connectivity index (χ4v) is 3.51. The van der Waals surface area contributed by atoms with Gasteiger partial charge in [-0.05, 0) is 38.3 Å². The van der Waals surface area contributed by atoms with Gasteiger partial charge < -0.3 is 14.3 Å². The number of nitrogens with zero attached hydrogens (tertiary/aromatic N) is 7. The lowest BCUT2D eigenvalue weighted by Gasteiger charge is -2.34. The van der Waals surface area contributed by atoms with Gasteiger partial charge in [0, 0.05) is 39.3 Å². The summed E-state index contributed by atoms with van der Waals surface area (Å²) < 4.78 is 5.21. The highest BCUT2D eigenvalue weighted by atomic mass is 16.5. The summed E-state index contributed by atoms with van der Waals surface area (Å²) in [5.41, 5.74) is 0. The Kier molecular flexibility index (Phi) is 4.78. The first-order valence-corrected chi connectivity index (χ1v) is 9.13. The van der Waals surface area contributed by atoms with E-state index in [9.17, 15) is 0 Å². The van der Waals surface area contributed by atoms with Gasteiger partial charge in [0.15, 0.2) is 17.5 Å². The molecule has 8 heteroatoms. The van der Waals surface area contributed by atoms with Gasteiger partial charge in [0.2, 0.25) is 5.89 Å². The summed E-state index contributed by atoms with van der Waals surface area (Å²) in [5.74, 6) is 3.36. The molecule has 2 aliphatic rings. The van der Waals surface area contributed by atoms with Crippen LogP contribution in [0.5, 0.6) is 0 Å². The molecule has 2 aromatic heterocycles. The van der Waals surface area contributed by atoms with E-state index in [0.717, 1.165) is 50.9 Å². The van der Waals surface area contributed by atoms with Gasteiger partial charge in [-0.3, -0.25) is 4.90 Å². The van der Waals surface area contributed by atoms with Crippen molar-refractivity contribution < 1.29 is 4.52 Å². The molecule has 2 aliphatic heterocycles. The Morgan fingerprint density at radius 1 is 0.880 bits per heavy atom. The monoisotopic (exact) mass is 343 g/mol. The van der Waals surface area contributed by atoms with Crippen LogP contribution in [0.25, 0.3) is 0 Å². The average Bonchev–Trinajstić information content (AvgIpc) is 3.08. The lowest BCUT2D eigenvalue weighted by molar-refractivity contribution is 0.215. The number of piperazine rings is 1. The van der Waals surface area contributed by atoms with Gasteiger partial charge in [0.25, 0.3) is 0 Å². The van der Waals surface area contributed by atoms with E-state index < -0.39 is 0 Å². The minimum Gasteiger partial charge on any atom is -0.355 e. The molecule has 0 amide bonds. The number of hydrogen-bond donors (Lipinski definition) is 0. The Morgan fingerprint density at radius 2 is 1.52 bits per heavy atom. The first kappa shape index (κ1) is 16.3. The summed E-state index contributed by atoms with van der Waals surface area (Å²) >= 11 is 0. The molecule has 0 spiro atoms. The molecule has 0 atom stereocenters. The van der Waals surface area contributed by atoms with Crippen LogP contribution in [-0.2, 0) is 6.54 Å². The highest BCUT2D eigenvalue weighted by Crippen LogP contribution is 2.20. The molecule has 0 saturated carbocycles. The molecule has 2 aromatic rings. The highest BCUT2D eigenvalue weighted by molar-refractivity contribution is 5.45. The maximum atomic E-state index is 5.21. The van der Waals surface area contributed by atoms with Crippen LogP contribution < -0.4 is 9.80 Å².